The van der Waals surface area contributed by atoms with E-state index in [0.29, 0.717) is 24.9 Å². The molecule has 0 atom stereocenters. The van der Waals surface area contributed by atoms with Crippen LogP contribution in [0, 0.1) is 11.8 Å². The fraction of sp³-hybridized carbons (Fsp3) is 0.923. The first-order chi connectivity index (χ1) is 9.15. The van der Waals surface area contributed by atoms with Gasteiger partial charge in [-0.1, -0.05) is 27.7 Å². The number of carboxylic acids is 1. The van der Waals surface area contributed by atoms with Crippen LogP contribution in [0.2, 0.25) is 0 Å². The fourth-order valence-electron chi connectivity index (χ4n) is 1.53. The Morgan fingerprint density at radius 3 is 1.90 bits per heavy atom. The van der Waals surface area contributed by atoms with Gasteiger partial charge in [0.25, 0.3) is 10.2 Å². The van der Waals surface area contributed by atoms with E-state index in [4.69, 9.17) is 5.11 Å². The van der Waals surface area contributed by atoms with Gasteiger partial charge >= 0.3 is 5.97 Å². The minimum atomic E-state index is -3.59. The second kappa shape index (κ2) is 9.31. The first-order valence-electron chi connectivity index (χ1n) is 7.11. The molecule has 0 heterocycles. The molecule has 0 saturated carbocycles. The fourth-order valence-corrected chi connectivity index (χ4v) is 2.77. The quantitative estimate of drug-likeness (QED) is 0.608. The van der Waals surface area contributed by atoms with Crippen LogP contribution in [-0.4, -0.2) is 43.4 Å². The SMILES string of the molecule is CC(C)CCN(CCC(C)C)S(=O)(=O)NCCC(=O)O. The highest BCUT2D eigenvalue weighted by Gasteiger charge is 2.21. The standard InChI is InChI=1S/C13H28N2O4S/c1-11(2)6-9-15(10-7-12(3)4)20(18,19)14-8-5-13(16)17/h11-12,14H,5-10H2,1-4H3,(H,16,17). The smallest absolute Gasteiger partial charge is 0.304 e. The van der Waals surface area contributed by atoms with E-state index in [2.05, 4.69) is 4.72 Å². The van der Waals surface area contributed by atoms with Crippen molar-refractivity contribution in [1.82, 2.24) is 9.03 Å². The van der Waals surface area contributed by atoms with Crippen LogP contribution in [0.5, 0.6) is 0 Å². The first kappa shape index (κ1) is 19.3. The Kier molecular flexibility index (Phi) is 9.00. The van der Waals surface area contributed by atoms with Gasteiger partial charge in [-0.3, -0.25) is 4.79 Å². The number of carboxylic acid groups (broad SMARTS) is 1. The molecule has 0 aromatic heterocycles. The zero-order chi connectivity index (χ0) is 15.8. The number of carbonyl (C=O) groups is 1. The van der Waals surface area contributed by atoms with Crippen molar-refractivity contribution < 1.29 is 18.3 Å². The van der Waals surface area contributed by atoms with Crippen LogP contribution in [0.15, 0.2) is 0 Å². The zero-order valence-corrected chi connectivity index (χ0v) is 13.7. The largest absolute Gasteiger partial charge is 0.481 e. The highest BCUT2D eigenvalue weighted by Crippen LogP contribution is 2.09. The second-order valence-electron chi connectivity index (χ2n) is 5.81. The Balaban J connectivity index is 4.57. The maximum atomic E-state index is 12.2. The van der Waals surface area contributed by atoms with Crippen LogP contribution in [-0.2, 0) is 15.0 Å². The summed E-state index contributed by atoms with van der Waals surface area (Å²) in [5.41, 5.74) is 0. The topological polar surface area (TPSA) is 86.7 Å². The molecule has 0 amide bonds. The van der Waals surface area contributed by atoms with Gasteiger partial charge in [-0.05, 0) is 24.7 Å². The van der Waals surface area contributed by atoms with E-state index >= 15 is 0 Å². The average molecular weight is 308 g/mol. The maximum absolute atomic E-state index is 12.2. The van der Waals surface area contributed by atoms with Crippen LogP contribution in [0.1, 0.15) is 47.0 Å². The molecule has 0 aromatic rings. The summed E-state index contributed by atoms with van der Waals surface area (Å²) in [6.45, 7) is 9.05. The lowest BCUT2D eigenvalue weighted by Gasteiger charge is -2.24. The van der Waals surface area contributed by atoms with Crippen molar-refractivity contribution in [3.63, 3.8) is 0 Å². The molecule has 0 fully saturated rings. The number of nitrogens with zero attached hydrogens (tertiary/aromatic N) is 1. The third-order valence-corrected chi connectivity index (χ3v) is 4.49. The van der Waals surface area contributed by atoms with Crippen LogP contribution < -0.4 is 4.72 Å². The van der Waals surface area contributed by atoms with Crippen LogP contribution in [0.4, 0.5) is 0 Å². The van der Waals surface area contributed by atoms with Gasteiger partial charge in [0.05, 0.1) is 6.42 Å². The minimum absolute atomic E-state index is 0.0719. The molecule has 0 aliphatic heterocycles. The van der Waals surface area contributed by atoms with Crippen molar-refractivity contribution in [1.29, 1.82) is 0 Å². The third-order valence-electron chi connectivity index (χ3n) is 2.87. The average Bonchev–Trinajstić information content (AvgIpc) is 2.26. The molecule has 0 rings (SSSR count). The highest BCUT2D eigenvalue weighted by molar-refractivity contribution is 7.87. The Morgan fingerprint density at radius 2 is 1.55 bits per heavy atom. The van der Waals surface area contributed by atoms with Crippen molar-refractivity contribution >= 4 is 16.2 Å². The summed E-state index contributed by atoms with van der Waals surface area (Å²) in [5, 5.41) is 8.55. The number of rotatable bonds is 11. The van der Waals surface area contributed by atoms with E-state index in [1.165, 1.54) is 4.31 Å². The Morgan fingerprint density at radius 1 is 1.10 bits per heavy atom. The normalized spacial score (nSPS) is 12.6. The van der Waals surface area contributed by atoms with Crippen molar-refractivity contribution in [2.24, 2.45) is 11.8 Å². The third kappa shape index (κ3) is 9.28. The second-order valence-corrected chi connectivity index (χ2v) is 7.56. The molecule has 2 N–H and O–H groups in total. The van der Waals surface area contributed by atoms with Gasteiger partial charge in [-0.2, -0.15) is 12.7 Å². The molecule has 120 valence electrons. The number of hydrogen-bond donors (Lipinski definition) is 2. The van der Waals surface area contributed by atoms with Gasteiger partial charge in [-0.15, -0.1) is 0 Å². The lowest BCUT2D eigenvalue weighted by molar-refractivity contribution is -0.136. The van der Waals surface area contributed by atoms with E-state index in [1.54, 1.807) is 0 Å². The summed E-state index contributed by atoms with van der Waals surface area (Å²) in [6, 6.07) is 0. The molecule has 0 unspecified atom stereocenters. The summed E-state index contributed by atoms with van der Waals surface area (Å²) in [6.07, 6.45) is 1.37. The molecule has 6 nitrogen and oxygen atoms in total. The lowest BCUT2D eigenvalue weighted by Crippen LogP contribution is -2.43. The van der Waals surface area contributed by atoms with Gasteiger partial charge in [0.2, 0.25) is 0 Å². The maximum Gasteiger partial charge on any atom is 0.304 e. The van der Waals surface area contributed by atoms with E-state index in [9.17, 15) is 13.2 Å². The van der Waals surface area contributed by atoms with E-state index in [1.807, 2.05) is 27.7 Å². The summed E-state index contributed by atoms with van der Waals surface area (Å²) >= 11 is 0. The molecular formula is C13H28N2O4S. The molecule has 0 saturated heterocycles. The summed E-state index contributed by atoms with van der Waals surface area (Å²) < 4.78 is 28.1. The molecule has 0 aliphatic rings. The molecule has 0 aliphatic carbocycles. The summed E-state index contributed by atoms with van der Waals surface area (Å²) in [7, 11) is -3.59. The summed E-state index contributed by atoms with van der Waals surface area (Å²) in [4.78, 5) is 10.4. The molecule has 0 aromatic carbocycles. The zero-order valence-electron chi connectivity index (χ0n) is 12.9. The molecule has 0 radical (unpaired) electrons. The highest BCUT2D eigenvalue weighted by atomic mass is 32.2. The van der Waals surface area contributed by atoms with Crippen molar-refractivity contribution in [2.75, 3.05) is 19.6 Å². The van der Waals surface area contributed by atoms with E-state index < -0.39 is 16.2 Å². The molecule has 20 heavy (non-hydrogen) atoms. The Hall–Kier alpha value is -0.660. The molecule has 0 bridgehead atoms. The van der Waals surface area contributed by atoms with E-state index in [-0.39, 0.29) is 13.0 Å². The van der Waals surface area contributed by atoms with Crippen molar-refractivity contribution in [2.45, 2.75) is 47.0 Å². The van der Waals surface area contributed by atoms with Crippen molar-refractivity contribution in [3.05, 3.63) is 0 Å². The first-order valence-corrected chi connectivity index (χ1v) is 8.55. The van der Waals surface area contributed by atoms with Crippen LogP contribution in [0.3, 0.4) is 0 Å². The number of nitrogens with one attached hydrogen (secondary N) is 1. The monoisotopic (exact) mass is 308 g/mol. The van der Waals surface area contributed by atoms with Gasteiger partial charge in [-0.25, -0.2) is 4.72 Å². The minimum Gasteiger partial charge on any atom is -0.481 e. The molecule has 0 spiro atoms. The van der Waals surface area contributed by atoms with Crippen molar-refractivity contribution in [3.8, 4) is 0 Å². The van der Waals surface area contributed by atoms with Gasteiger partial charge in [0.15, 0.2) is 0 Å². The Bertz CT molecular complexity index is 368. The van der Waals surface area contributed by atoms with E-state index in [0.717, 1.165) is 12.8 Å². The number of aliphatic carboxylic acids is 1. The summed E-state index contributed by atoms with van der Waals surface area (Å²) in [5.74, 6) is -0.167. The molecular weight excluding hydrogens is 280 g/mol. The van der Waals surface area contributed by atoms with Gasteiger partial charge < -0.3 is 5.11 Å². The van der Waals surface area contributed by atoms with Crippen LogP contribution >= 0.6 is 0 Å². The number of hydrogen-bond acceptors (Lipinski definition) is 3. The lowest BCUT2D eigenvalue weighted by atomic mass is 10.1. The van der Waals surface area contributed by atoms with Gasteiger partial charge in [0.1, 0.15) is 0 Å². The predicted octanol–water partition coefficient (Wildman–Crippen LogP) is 1.69. The van der Waals surface area contributed by atoms with Gasteiger partial charge in [0, 0.05) is 19.6 Å². The predicted molar refractivity (Wildman–Crippen MR) is 79.7 cm³/mol. The van der Waals surface area contributed by atoms with Crippen LogP contribution in [0.25, 0.3) is 0 Å². The molecule has 7 heteroatoms. The Labute approximate surface area is 122 Å².